The molecule has 29 heavy (non-hydrogen) atoms. The molecular formula is C20H23FN4O4. The first-order chi connectivity index (χ1) is 13.7. The summed E-state index contributed by atoms with van der Waals surface area (Å²) in [4.78, 5) is 28.1. The zero-order valence-electron chi connectivity index (χ0n) is 16.1. The fourth-order valence-corrected chi connectivity index (χ4v) is 2.44. The van der Waals surface area contributed by atoms with Crippen LogP contribution in [0.25, 0.3) is 0 Å². The number of rotatable bonds is 8. The van der Waals surface area contributed by atoms with E-state index < -0.39 is 29.8 Å². The second-order valence-corrected chi connectivity index (χ2v) is 6.51. The van der Waals surface area contributed by atoms with Crippen molar-refractivity contribution in [1.29, 1.82) is 0 Å². The van der Waals surface area contributed by atoms with Crippen LogP contribution in [0.15, 0.2) is 47.5 Å². The molecule has 0 aromatic heterocycles. The molecule has 0 fully saturated rings. The molecule has 6 N–H and O–H groups in total. The summed E-state index contributed by atoms with van der Waals surface area (Å²) in [5.74, 6) is -1.71. The lowest BCUT2D eigenvalue weighted by atomic mass is 10.0. The van der Waals surface area contributed by atoms with Gasteiger partial charge in [-0.05, 0) is 31.2 Å². The van der Waals surface area contributed by atoms with Gasteiger partial charge in [-0.25, -0.2) is 4.39 Å². The number of benzene rings is 2. The molecule has 0 bridgehead atoms. The van der Waals surface area contributed by atoms with Gasteiger partial charge in [0.05, 0.1) is 6.61 Å². The van der Waals surface area contributed by atoms with Crippen molar-refractivity contribution in [2.75, 3.05) is 19.4 Å². The maximum Gasteiger partial charge on any atom is 0.271 e. The Balaban J connectivity index is 2.25. The summed E-state index contributed by atoms with van der Waals surface area (Å²) in [7, 11) is 1.38. The van der Waals surface area contributed by atoms with Gasteiger partial charge in [-0.15, -0.1) is 0 Å². The Morgan fingerprint density at radius 3 is 2.55 bits per heavy atom. The van der Waals surface area contributed by atoms with Crippen LogP contribution in [0.4, 0.5) is 10.1 Å². The lowest BCUT2D eigenvalue weighted by molar-refractivity contribution is -0.129. The third kappa shape index (κ3) is 5.08. The molecule has 0 spiro atoms. The van der Waals surface area contributed by atoms with Gasteiger partial charge >= 0.3 is 0 Å². The lowest BCUT2D eigenvalue weighted by Gasteiger charge is -2.25. The summed E-state index contributed by atoms with van der Waals surface area (Å²) in [5, 5.41) is 11.8. The number of carbonyl (C=O) groups is 2. The van der Waals surface area contributed by atoms with E-state index in [4.69, 9.17) is 16.2 Å². The van der Waals surface area contributed by atoms with E-state index in [0.29, 0.717) is 11.3 Å². The summed E-state index contributed by atoms with van der Waals surface area (Å²) in [5.41, 5.74) is 10.3. The Labute approximate surface area is 167 Å². The number of aliphatic hydroxyl groups is 1. The van der Waals surface area contributed by atoms with Gasteiger partial charge in [0, 0.05) is 23.9 Å². The minimum atomic E-state index is -1.67. The van der Waals surface area contributed by atoms with Gasteiger partial charge in [-0.2, -0.15) is 0 Å². The van der Waals surface area contributed by atoms with E-state index in [1.807, 2.05) is 0 Å². The third-order valence-corrected chi connectivity index (χ3v) is 4.32. The van der Waals surface area contributed by atoms with Crippen LogP contribution in [0.3, 0.4) is 0 Å². The number of hydrogen-bond donors (Lipinski definition) is 4. The molecular weight excluding hydrogens is 379 g/mol. The second kappa shape index (κ2) is 9.16. The molecule has 2 aromatic rings. The fraction of sp³-hybridized carbons (Fsp3) is 0.250. The number of amides is 2. The van der Waals surface area contributed by atoms with Gasteiger partial charge in [-0.3, -0.25) is 14.6 Å². The van der Waals surface area contributed by atoms with Crippen molar-refractivity contribution in [3.8, 4) is 5.75 Å². The normalized spacial score (nSPS) is 13.4. The van der Waals surface area contributed by atoms with Crippen molar-refractivity contribution >= 4 is 23.2 Å². The van der Waals surface area contributed by atoms with E-state index >= 15 is 0 Å². The first-order valence-electron chi connectivity index (χ1n) is 8.68. The van der Waals surface area contributed by atoms with Gasteiger partial charge in [0.15, 0.2) is 0 Å². The molecule has 154 valence electrons. The Kier molecular flexibility index (Phi) is 6.89. The molecule has 0 aliphatic heterocycles. The van der Waals surface area contributed by atoms with Crippen molar-refractivity contribution in [1.82, 2.24) is 5.32 Å². The summed E-state index contributed by atoms with van der Waals surface area (Å²) < 4.78 is 19.4. The number of hydrogen-bond acceptors (Lipinski definition) is 6. The van der Waals surface area contributed by atoms with Gasteiger partial charge in [0.25, 0.3) is 5.91 Å². The van der Waals surface area contributed by atoms with Gasteiger partial charge in [-0.1, -0.05) is 18.2 Å². The number of halogens is 1. The minimum Gasteiger partial charge on any atom is -0.489 e. The number of anilines is 1. The maximum absolute atomic E-state index is 13.8. The zero-order valence-corrected chi connectivity index (χ0v) is 16.1. The minimum absolute atomic E-state index is 0.0227. The van der Waals surface area contributed by atoms with Crippen LogP contribution in [-0.2, 0) is 16.2 Å². The molecule has 0 aliphatic rings. The molecule has 0 saturated carbocycles. The monoisotopic (exact) mass is 402 g/mol. The van der Waals surface area contributed by atoms with Crippen LogP contribution in [0.2, 0.25) is 0 Å². The maximum atomic E-state index is 13.8. The van der Waals surface area contributed by atoms with Crippen molar-refractivity contribution in [2.45, 2.75) is 19.1 Å². The summed E-state index contributed by atoms with van der Waals surface area (Å²) in [6.07, 6.45) is 0. The molecule has 9 heteroatoms. The van der Waals surface area contributed by atoms with E-state index in [2.05, 4.69) is 10.3 Å². The fourth-order valence-electron chi connectivity index (χ4n) is 2.44. The van der Waals surface area contributed by atoms with Gasteiger partial charge in [0.1, 0.15) is 29.4 Å². The molecule has 0 heterocycles. The van der Waals surface area contributed by atoms with E-state index in [9.17, 15) is 19.1 Å². The highest BCUT2D eigenvalue weighted by Crippen LogP contribution is 2.22. The summed E-state index contributed by atoms with van der Waals surface area (Å²) >= 11 is 0. The molecule has 2 rings (SSSR count). The van der Waals surface area contributed by atoms with E-state index in [1.165, 1.54) is 32.2 Å². The number of nitrogens with one attached hydrogen (secondary N) is 1. The molecule has 1 atom stereocenters. The number of nitrogen functional groups attached to an aromatic ring is 1. The summed E-state index contributed by atoms with van der Waals surface area (Å²) in [6.45, 7) is 0.579. The van der Waals surface area contributed by atoms with Crippen molar-refractivity contribution in [2.24, 2.45) is 10.7 Å². The summed E-state index contributed by atoms with van der Waals surface area (Å²) in [6, 6.07) is 10.8. The van der Waals surface area contributed by atoms with Crippen LogP contribution >= 0.6 is 0 Å². The third-order valence-electron chi connectivity index (χ3n) is 4.32. The first-order valence-corrected chi connectivity index (χ1v) is 8.68. The Morgan fingerprint density at radius 2 is 1.97 bits per heavy atom. The number of carbonyl (C=O) groups excluding carboxylic acids is 2. The molecule has 8 nitrogen and oxygen atoms in total. The molecule has 0 aliphatic carbocycles. The highest BCUT2D eigenvalue weighted by Gasteiger charge is 2.34. The Morgan fingerprint density at radius 1 is 1.28 bits per heavy atom. The number of nitrogens with two attached hydrogens (primary N) is 2. The highest BCUT2D eigenvalue weighted by atomic mass is 19.1. The number of primary amides is 1. The topological polar surface area (TPSA) is 140 Å². The Hall–Kier alpha value is -3.46. The number of aliphatic hydroxyl groups excluding tert-OH is 1. The zero-order chi connectivity index (χ0) is 21.6. The predicted molar refractivity (Wildman–Crippen MR) is 107 cm³/mol. The van der Waals surface area contributed by atoms with Crippen molar-refractivity contribution in [3.63, 3.8) is 0 Å². The lowest BCUT2D eigenvalue weighted by Crippen LogP contribution is -2.59. The molecule has 2 amide bonds. The number of nitrogens with zero attached hydrogens (tertiary/aromatic N) is 1. The first kappa shape index (κ1) is 21.8. The van der Waals surface area contributed by atoms with Crippen molar-refractivity contribution in [3.05, 3.63) is 59.4 Å². The van der Waals surface area contributed by atoms with Gasteiger partial charge in [0.2, 0.25) is 5.91 Å². The average molecular weight is 402 g/mol. The van der Waals surface area contributed by atoms with Crippen LogP contribution in [0, 0.1) is 5.82 Å². The Bertz CT molecular complexity index is 948. The SMILES string of the molecule is CN=C(C(=O)NC(C)(CO)C(N)=O)c1cc(OCc2ccccc2F)ccc1N. The van der Waals surface area contributed by atoms with Crippen LogP contribution < -0.4 is 21.5 Å². The molecule has 1 unspecified atom stereocenters. The van der Waals surface area contributed by atoms with Crippen LogP contribution in [0.1, 0.15) is 18.1 Å². The molecule has 2 aromatic carbocycles. The smallest absolute Gasteiger partial charge is 0.271 e. The highest BCUT2D eigenvalue weighted by molar-refractivity contribution is 6.46. The largest absolute Gasteiger partial charge is 0.489 e. The van der Waals surface area contributed by atoms with E-state index in [-0.39, 0.29) is 23.6 Å². The molecule has 0 saturated heterocycles. The average Bonchev–Trinajstić information content (AvgIpc) is 2.69. The molecule has 0 radical (unpaired) electrons. The standard InChI is InChI=1S/C20H23FN4O4/c1-20(11-26,19(23)28)25-18(27)17(24-2)14-9-13(7-8-16(14)22)29-10-12-5-3-4-6-15(12)21/h3-9,26H,10-11,22H2,1-2H3,(H2,23,28)(H,25,27). The number of aliphatic imine (C=N–C) groups is 1. The predicted octanol–water partition coefficient (Wildman–Crippen LogP) is 0.758. The van der Waals surface area contributed by atoms with Crippen LogP contribution in [-0.4, -0.2) is 41.8 Å². The van der Waals surface area contributed by atoms with E-state index in [1.54, 1.807) is 24.3 Å². The number of ether oxygens (including phenoxy) is 1. The van der Waals surface area contributed by atoms with Crippen molar-refractivity contribution < 1.29 is 23.8 Å². The van der Waals surface area contributed by atoms with Gasteiger partial charge < -0.3 is 26.6 Å². The van der Waals surface area contributed by atoms with Crippen LogP contribution in [0.5, 0.6) is 5.75 Å². The van der Waals surface area contributed by atoms with E-state index in [0.717, 1.165) is 0 Å². The second-order valence-electron chi connectivity index (χ2n) is 6.51. The quantitative estimate of drug-likeness (QED) is 0.381.